The zero-order chi connectivity index (χ0) is 11.5. The molecule has 16 heavy (non-hydrogen) atoms. The summed E-state index contributed by atoms with van der Waals surface area (Å²) in [7, 11) is 0. The molecule has 3 nitrogen and oxygen atoms in total. The minimum atomic E-state index is 0.0485. The van der Waals surface area contributed by atoms with Gasteiger partial charge in [0.05, 0.1) is 11.7 Å². The molecule has 0 amide bonds. The Labute approximate surface area is 99.8 Å². The van der Waals surface area contributed by atoms with Crippen molar-refractivity contribution in [1.82, 2.24) is 9.78 Å². The lowest BCUT2D eigenvalue weighted by Gasteiger charge is -2.16. The van der Waals surface area contributed by atoms with Gasteiger partial charge >= 0.3 is 0 Å². The van der Waals surface area contributed by atoms with Gasteiger partial charge in [0, 0.05) is 17.8 Å². The summed E-state index contributed by atoms with van der Waals surface area (Å²) in [6, 6.07) is 9.74. The molecule has 84 valence electrons. The number of hydrogen-bond donors (Lipinski definition) is 1. The molecule has 2 N–H and O–H groups in total. The molecule has 0 spiro atoms. The van der Waals surface area contributed by atoms with Crippen molar-refractivity contribution in [2.24, 2.45) is 5.73 Å². The van der Waals surface area contributed by atoms with Crippen molar-refractivity contribution in [2.75, 3.05) is 6.54 Å². The van der Waals surface area contributed by atoms with Gasteiger partial charge in [0.15, 0.2) is 0 Å². The van der Waals surface area contributed by atoms with Crippen LogP contribution in [-0.2, 0) is 0 Å². The van der Waals surface area contributed by atoms with Crippen LogP contribution < -0.4 is 5.73 Å². The SMILES string of the molecule is Cc1ccn(C(CN)c2cccc(Cl)c2)n1. The van der Waals surface area contributed by atoms with Crippen LogP contribution in [0.3, 0.4) is 0 Å². The average molecular weight is 236 g/mol. The third-order valence-corrected chi connectivity index (χ3v) is 2.75. The van der Waals surface area contributed by atoms with Gasteiger partial charge in [-0.2, -0.15) is 5.10 Å². The van der Waals surface area contributed by atoms with E-state index in [1.165, 1.54) is 0 Å². The first-order valence-electron chi connectivity index (χ1n) is 5.18. The van der Waals surface area contributed by atoms with Crippen LogP contribution in [0.25, 0.3) is 0 Å². The highest BCUT2D eigenvalue weighted by molar-refractivity contribution is 6.30. The lowest BCUT2D eigenvalue weighted by Crippen LogP contribution is -2.20. The summed E-state index contributed by atoms with van der Waals surface area (Å²) in [4.78, 5) is 0. The molecule has 1 aromatic carbocycles. The van der Waals surface area contributed by atoms with Crippen LogP contribution in [0.15, 0.2) is 36.5 Å². The molecule has 0 saturated carbocycles. The molecule has 2 rings (SSSR count). The van der Waals surface area contributed by atoms with Crippen LogP contribution >= 0.6 is 11.6 Å². The minimum absolute atomic E-state index is 0.0485. The van der Waals surface area contributed by atoms with Gasteiger partial charge in [-0.3, -0.25) is 4.68 Å². The predicted molar refractivity (Wildman–Crippen MR) is 65.6 cm³/mol. The Morgan fingerprint density at radius 2 is 2.25 bits per heavy atom. The molecule has 0 bridgehead atoms. The van der Waals surface area contributed by atoms with E-state index in [1.807, 2.05) is 48.1 Å². The van der Waals surface area contributed by atoms with Crippen molar-refractivity contribution in [2.45, 2.75) is 13.0 Å². The van der Waals surface area contributed by atoms with Gasteiger partial charge in [-0.15, -0.1) is 0 Å². The second kappa shape index (κ2) is 4.68. The van der Waals surface area contributed by atoms with E-state index in [0.717, 1.165) is 16.3 Å². The molecule has 1 unspecified atom stereocenters. The van der Waals surface area contributed by atoms with E-state index in [9.17, 15) is 0 Å². The largest absolute Gasteiger partial charge is 0.328 e. The van der Waals surface area contributed by atoms with E-state index >= 15 is 0 Å². The molecule has 0 saturated heterocycles. The van der Waals surface area contributed by atoms with Crippen LogP contribution in [0, 0.1) is 6.92 Å². The van der Waals surface area contributed by atoms with Crippen LogP contribution in [0.5, 0.6) is 0 Å². The van der Waals surface area contributed by atoms with E-state index in [4.69, 9.17) is 17.3 Å². The Morgan fingerprint density at radius 3 is 2.81 bits per heavy atom. The van der Waals surface area contributed by atoms with Crippen molar-refractivity contribution in [3.63, 3.8) is 0 Å². The highest BCUT2D eigenvalue weighted by Gasteiger charge is 2.12. The monoisotopic (exact) mass is 235 g/mol. The molecule has 1 aromatic heterocycles. The second-order valence-corrected chi connectivity index (χ2v) is 4.18. The molecule has 0 aliphatic heterocycles. The Bertz CT molecular complexity index is 479. The number of halogens is 1. The summed E-state index contributed by atoms with van der Waals surface area (Å²) >= 11 is 5.97. The summed E-state index contributed by atoms with van der Waals surface area (Å²) in [5.74, 6) is 0. The normalized spacial score (nSPS) is 12.7. The van der Waals surface area contributed by atoms with Crippen LogP contribution in [0.1, 0.15) is 17.3 Å². The summed E-state index contributed by atoms with van der Waals surface area (Å²) in [6.45, 7) is 2.46. The van der Waals surface area contributed by atoms with Crippen LogP contribution in [0.2, 0.25) is 5.02 Å². The number of aryl methyl sites for hydroxylation is 1. The van der Waals surface area contributed by atoms with E-state index in [2.05, 4.69) is 5.10 Å². The van der Waals surface area contributed by atoms with Crippen molar-refractivity contribution in [3.05, 3.63) is 52.8 Å². The fourth-order valence-corrected chi connectivity index (χ4v) is 1.92. The summed E-state index contributed by atoms with van der Waals surface area (Å²) in [5.41, 5.74) is 7.86. The topological polar surface area (TPSA) is 43.8 Å². The first kappa shape index (κ1) is 11.2. The molecule has 0 fully saturated rings. The van der Waals surface area contributed by atoms with Crippen molar-refractivity contribution in [3.8, 4) is 0 Å². The van der Waals surface area contributed by atoms with Crippen LogP contribution in [0.4, 0.5) is 0 Å². The zero-order valence-electron chi connectivity index (χ0n) is 9.10. The van der Waals surface area contributed by atoms with Crippen molar-refractivity contribution >= 4 is 11.6 Å². The smallest absolute Gasteiger partial charge is 0.0891 e. The fourth-order valence-electron chi connectivity index (χ4n) is 1.72. The zero-order valence-corrected chi connectivity index (χ0v) is 9.85. The second-order valence-electron chi connectivity index (χ2n) is 3.74. The van der Waals surface area contributed by atoms with E-state index < -0.39 is 0 Å². The lowest BCUT2D eigenvalue weighted by molar-refractivity contribution is 0.529. The predicted octanol–water partition coefficient (Wildman–Crippen LogP) is 2.39. The van der Waals surface area contributed by atoms with Gasteiger partial charge in [0.25, 0.3) is 0 Å². The van der Waals surface area contributed by atoms with E-state index in [0.29, 0.717) is 6.54 Å². The highest BCUT2D eigenvalue weighted by Crippen LogP contribution is 2.20. The Hall–Kier alpha value is -1.32. The quantitative estimate of drug-likeness (QED) is 0.888. The average Bonchev–Trinajstić information content (AvgIpc) is 2.66. The molecule has 0 aliphatic carbocycles. The number of hydrogen-bond acceptors (Lipinski definition) is 2. The standard InChI is InChI=1S/C12H14ClN3/c1-9-5-6-16(15-9)12(8-14)10-3-2-4-11(13)7-10/h2-7,12H,8,14H2,1H3. The maximum absolute atomic E-state index is 5.97. The Morgan fingerprint density at radius 1 is 1.44 bits per heavy atom. The van der Waals surface area contributed by atoms with Crippen molar-refractivity contribution in [1.29, 1.82) is 0 Å². The van der Waals surface area contributed by atoms with Gasteiger partial charge in [0.2, 0.25) is 0 Å². The Kier molecular flexibility index (Phi) is 3.27. The minimum Gasteiger partial charge on any atom is -0.328 e. The van der Waals surface area contributed by atoms with E-state index in [-0.39, 0.29) is 6.04 Å². The fraction of sp³-hybridized carbons (Fsp3) is 0.250. The molecular formula is C12H14ClN3. The van der Waals surface area contributed by atoms with Gasteiger partial charge in [-0.25, -0.2) is 0 Å². The number of nitrogens with two attached hydrogens (primary N) is 1. The van der Waals surface area contributed by atoms with Crippen molar-refractivity contribution < 1.29 is 0 Å². The van der Waals surface area contributed by atoms with E-state index in [1.54, 1.807) is 0 Å². The first-order chi connectivity index (χ1) is 7.70. The molecular weight excluding hydrogens is 222 g/mol. The van der Waals surface area contributed by atoms with Gasteiger partial charge in [0.1, 0.15) is 0 Å². The maximum Gasteiger partial charge on any atom is 0.0891 e. The summed E-state index contributed by atoms with van der Waals surface area (Å²) < 4.78 is 1.88. The Balaban J connectivity index is 2.36. The third kappa shape index (κ3) is 2.26. The molecule has 0 radical (unpaired) electrons. The maximum atomic E-state index is 5.97. The highest BCUT2D eigenvalue weighted by atomic mass is 35.5. The third-order valence-electron chi connectivity index (χ3n) is 2.52. The number of benzene rings is 1. The number of rotatable bonds is 3. The van der Waals surface area contributed by atoms with Gasteiger partial charge in [-0.1, -0.05) is 23.7 Å². The lowest BCUT2D eigenvalue weighted by atomic mass is 10.1. The number of aromatic nitrogens is 2. The van der Waals surface area contributed by atoms with Gasteiger partial charge in [-0.05, 0) is 30.7 Å². The first-order valence-corrected chi connectivity index (χ1v) is 5.56. The number of nitrogens with zero attached hydrogens (tertiary/aromatic N) is 2. The summed E-state index contributed by atoms with van der Waals surface area (Å²) in [6.07, 6.45) is 1.94. The molecule has 2 aromatic rings. The summed E-state index contributed by atoms with van der Waals surface area (Å²) in [5, 5.41) is 5.10. The van der Waals surface area contributed by atoms with Gasteiger partial charge < -0.3 is 5.73 Å². The molecule has 0 aliphatic rings. The molecule has 1 atom stereocenters. The molecule has 4 heteroatoms. The van der Waals surface area contributed by atoms with Crippen LogP contribution in [-0.4, -0.2) is 16.3 Å². The molecule has 1 heterocycles.